The fourth-order valence-electron chi connectivity index (χ4n) is 4.52. The van der Waals surface area contributed by atoms with Crippen LogP contribution in [0.4, 0.5) is 0 Å². The van der Waals surface area contributed by atoms with Crippen LogP contribution < -0.4 is 19.6 Å². The summed E-state index contributed by atoms with van der Waals surface area (Å²) < 4.78 is 23.0. The largest absolute Gasteiger partial charge is 0.502 e. The lowest BCUT2D eigenvalue weighted by Gasteiger charge is -2.16. The standard InChI is InChI=1S/C31H42O6/c1-5-7-9-10-11-12-13-14-15-22-16-17-25-24(19-22)28(32)29(33)30(37-25)23-20-26(34-3)31(27(21-23)35-4)36-18-8-6-2/h16-17,19-21,33H,5-15,18H2,1-4H3. The van der Waals surface area contributed by atoms with Crippen molar-refractivity contribution < 1.29 is 23.7 Å². The molecule has 0 unspecified atom stereocenters. The average molecular weight is 511 g/mol. The van der Waals surface area contributed by atoms with E-state index in [1.807, 2.05) is 18.2 Å². The molecule has 1 aromatic heterocycles. The van der Waals surface area contributed by atoms with Gasteiger partial charge >= 0.3 is 0 Å². The van der Waals surface area contributed by atoms with Gasteiger partial charge in [0.1, 0.15) is 5.58 Å². The minimum absolute atomic E-state index is 0.0741. The first-order chi connectivity index (χ1) is 18.0. The number of aryl methyl sites for hydroxylation is 1. The van der Waals surface area contributed by atoms with Gasteiger partial charge in [0, 0.05) is 5.56 Å². The predicted molar refractivity (Wildman–Crippen MR) is 149 cm³/mol. The Kier molecular flexibility index (Phi) is 11.2. The highest BCUT2D eigenvalue weighted by atomic mass is 16.5. The maximum atomic E-state index is 13.1. The zero-order chi connectivity index (χ0) is 26.6. The van der Waals surface area contributed by atoms with Gasteiger partial charge in [0.15, 0.2) is 17.3 Å². The number of unbranched alkanes of at least 4 members (excludes halogenated alkanes) is 8. The van der Waals surface area contributed by atoms with Gasteiger partial charge in [-0.1, -0.05) is 71.3 Å². The van der Waals surface area contributed by atoms with Crippen LogP contribution in [0.1, 0.15) is 83.6 Å². The molecule has 0 fully saturated rings. The van der Waals surface area contributed by atoms with Gasteiger partial charge in [-0.25, -0.2) is 0 Å². The Hall–Kier alpha value is -3.15. The highest BCUT2D eigenvalue weighted by Gasteiger charge is 2.21. The zero-order valence-corrected chi connectivity index (χ0v) is 22.9. The second-order valence-electron chi connectivity index (χ2n) is 9.58. The summed E-state index contributed by atoms with van der Waals surface area (Å²) in [6.07, 6.45) is 12.9. The number of aromatic hydroxyl groups is 1. The van der Waals surface area contributed by atoms with Crippen LogP contribution in [0.5, 0.6) is 23.0 Å². The van der Waals surface area contributed by atoms with Gasteiger partial charge in [-0.2, -0.15) is 0 Å². The van der Waals surface area contributed by atoms with Gasteiger partial charge in [-0.15, -0.1) is 0 Å². The fraction of sp³-hybridized carbons (Fsp3) is 0.516. The molecule has 0 aliphatic heterocycles. The van der Waals surface area contributed by atoms with Crippen molar-refractivity contribution in [3.63, 3.8) is 0 Å². The summed E-state index contributed by atoms with van der Waals surface area (Å²) in [6.45, 7) is 4.85. The number of hydrogen-bond acceptors (Lipinski definition) is 6. The fourth-order valence-corrected chi connectivity index (χ4v) is 4.52. The van der Waals surface area contributed by atoms with E-state index >= 15 is 0 Å². The van der Waals surface area contributed by atoms with Crippen LogP contribution in [0.15, 0.2) is 39.5 Å². The van der Waals surface area contributed by atoms with Crippen LogP contribution in [0.2, 0.25) is 0 Å². The van der Waals surface area contributed by atoms with Gasteiger partial charge in [0.05, 0.1) is 26.2 Å². The summed E-state index contributed by atoms with van der Waals surface area (Å²) in [5.74, 6) is 1.00. The maximum absolute atomic E-state index is 13.1. The molecule has 2 aromatic carbocycles. The summed E-state index contributed by atoms with van der Waals surface area (Å²) >= 11 is 0. The van der Waals surface area contributed by atoms with E-state index in [1.54, 1.807) is 12.1 Å². The lowest BCUT2D eigenvalue weighted by Crippen LogP contribution is -2.04. The Balaban J connectivity index is 1.80. The van der Waals surface area contributed by atoms with Crippen molar-refractivity contribution in [2.45, 2.75) is 84.5 Å². The molecule has 0 radical (unpaired) electrons. The van der Waals surface area contributed by atoms with E-state index in [9.17, 15) is 9.90 Å². The molecule has 0 bridgehead atoms. The molecule has 0 atom stereocenters. The average Bonchev–Trinajstić information content (AvgIpc) is 2.92. The van der Waals surface area contributed by atoms with Crippen molar-refractivity contribution in [3.05, 3.63) is 46.1 Å². The molecule has 0 aliphatic carbocycles. The summed E-state index contributed by atoms with van der Waals surface area (Å²) in [7, 11) is 3.07. The van der Waals surface area contributed by atoms with Gasteiger partial charge in [-0.3, -0.25) is 4.79 Å². The first kappa shape index (κ1) is 28.4. The molecule has 202 valence electrons. The zero-order valence-electron chi connectivity index (χ0n) is 22.9. The number of ether oxygens (including phenoxy) is 3. The number of fused-ring (bicyclic) bond motifs is 1. The third-order valence-corrected chi connectivity index (χ3v) is 6.72. The number of hydrogen-bond donors (Lipinski definition) is 1. The molecule has 37 heavy (non-hydrogen) atoms. The molecule has 0 spiro atoms. The Morgan fingerprint density at radius 1 is 0.811 bits per heavy atom. The van der Waals surface area contributed by atoms with Crippen molar-refractivity contribution in [2.24, 2.45) is 0 Å². The van der Waals surface area contributed by atoms with E-state index in [1.165, 1.54) is 59.2 Å². The minimum atomic E-state index is -0.449. The molecular weight excluding hydrogens is 468 g/mol. The van der Waals surface area contributed by atoms with Crippen LogP contribution in [-0.2, 0) is 6.42 Å². The number of benzene rings is 2. The van der Waals surface area contributed by atoms with E-state index in [-0.39, 0.29) is 5.76 Å². The van der Waals surface area contributed by atoms with Gasteiger partial charge < -0.3 is 23.7 Å². The Morgan fingerprint density at radius 2 is 1.43 bits per heavy atom. The Bertz CT molecular complexity index is 1170. The van der Waals surface area contributed by atoms with E-state index in [2.05, 4.69) is 13.8 Å². The third-order valence-electron chi connectivity index (χ3n) is 6.72. The van der Waals surface area contributed by atoms with Crippen molar-refractivity contribution in [1.29, 1.82) is 0 Å². The smallest absolute Gasteiger partial charge is 0.235 e. The molecule has 0 aliphatic rings. The first-order valence-corrected chi connectivity index (χ1v) is 13.7. The molecule has 0 saturated carbocycles. The third kappa shape index (κ3) is 7.43. The Morgan fingerprint density at radius 3 is 2.05 bits per heavy atom. The summed E-state index contributed by atoms with van der Waals surface area (Å²) in [5.41, 5.74) is 1.53. The van der Waals surface area contributed by atoms with Crippen LogP contribution in [0.3, 0.4) is 0 Å². The summed E-state index contributed by atoms with van der Waals surface area (Å²) in [4.78, 5) is 13.1. The SMILES string of the molecule is CCCCCCCCCCc1ccc2oc(-c3cc(OC)c(OCCCC)c(OC)c3)c(O)c(=O)c2c1. The van der Waals surface area contributed by atoms with E-state index in [0.29, 0.717) is 40.4 Å². The number of methoxy groups -OCH3 is 2. The van der Waals surface area contributed by atoms with E-state index in [0.717, 1.165) is 31.2 Å². The highest BCUT2D eigenvalue weighted by molar-refractivity contribution is 5.83. The molecule has 0 saturated heterocycles. The molecule has 0 amide bonds. The van der Waals surface area contributed by atoms with Crippen molar-refractivity contribution in [3.8, 4) is 34.3 Å². The lowest BCUT2D eigenvalue weighted by atomic mass is 10.0. The predicted octanol–water partition coefficient (Wildman–Crippen LogP) is 8.04. The topological polar surface area (TPSA) is 78.1 Å². The molecular formula is C31H42O6. The van der Waals surface area contributed by atoms with Gasteiger partial charge in [-0.05, 0) is 49.1 Å². The first-order valence-electron chi connectivity index (χ1n) is 13.7. The minimum Gasteiger partial charge on any atom is -0.502 e. The van der Waals surface area contributed by atoms with Crippen LogP contribution in [0.25, 0.3) is 22.3 Å². The maximum Gasteiger partial charge on any atom is 0.235 e. The number of rotatable bonds is 16. The second-order valence-corrected chi connectivity index (χ2v) is 9.58. The van der Waals surface area contributed by atoms with Crippen LogP contribution in [-0.4, -0.2) is 25.9 Å². The van der Waals surface area contributed by atoms with Crippen molar-refractivity contribution in [2.75, 3.05) is 20.8 Å². The second kappa shape index (κ2) is 14.6. The molecule has 6 nitrogen and oxygen atoms in total. The molecule has 6 heteroatoms. The van der Waals surface area contributed by atoms with Gasteiger partial charge in [0.2, 0.25) is 16.9 Å². The molecule has 1 N–H and O–H groups in total. The van der Waals surface area contributed by atoms with Crippen LogP contribution in [0, 0.1) is 0 Å². The molecule has 3 aromatic rings. The van der Waals surface area contributed by atoms with E-state index in [4.69, 9.17) is 18.6 Å². The molecule has 1 heterocycles. The lowest BCUT2D eigenvalue weighted by molar-refractivity contribution is 0.270. The van der Waals surface area contributed by atoms with Crippen LogP contribution >= 0.6 is 0 Å². The Labute approximate surface area is 220 Å². The summed E-state index contributed by atoms with van der Waals surface area (Å²) in [5, 5.41) is 11.2. The normalized spacial score (nSPS) is 11.1. The highest BCUT2D eigenvalue weighted by Crippen LogP contribution is 2.43. The quantitative estimate of drug-likeness (QED) is 0.196. The van der Waals surface area contributed by atoms with Crippen molar-refractivity contribution >= 4 is 11.0 Å². The molecule has 3 rings (SSSR count). The van der Waals surface area contributed by atoms with Gasteiger partial charge in [0.25, 0.3) is 0 Å². The summed E-state index contributed by atoms with van der Waals surface area (Å²) in [6, 6.07) is 9.03. The monoisotopic (exact) mass is 510 g/mol. The van der Waals surface area contributed by atoms with E-state index < -0.39 is 11.2 Å². The van der Waals surface area contributed by atoms with Crippen molar-refractivity contribution in [1.82, 2.24) is 0 Å².